The molecule has 36 heavy (non-hydrogen) atoms. The van der Waals surface area contributed by atoms with Crippen LogP contribution in [0.1, 0.15) is 20.0 Å². The number of nitrogens with zero attached hydrogens (tertiary/aromatic N) is 2. The molecule has 4 rings (SSSR count). The number of sulfone groups is 1. The summed E-state index contributed by atoms with van der Waals surface area (Å²) in [4.78, 5) is 41.3. The fourth-order valence-electron chi connectivity index (χ4n) is 3.73. The number of carbonyl (C=O) groups excluding carboxylic acids is 3. The van der Waals surface area contributed by atoms with Gasteiger partial charge in [-0.3, -0.25) is 14.4 Å². The molecule has 1 atom stereocenters. The van der Waals surface area contributed by atoms with Crippen LogP contribution in [0.15, 0.2) is 70.9 Å². The van der Waals surface area contributed by atoms with Gasteiger partial charge in [0.05, 0.1) is 9.77 Å². The van der Waals surface area contributed by atoms with Crippen LogP contribution in [0, 0.1) is 11.6 Å². The molecule has 1 aliphatic rings. The van der Waals surface area contributed by atoms with Gasteiger partial charge in [0.2, 0.25) is 15.2 Å². The Balaban J connectivity index is 1.53. The normalized spacial score (nSPS) is 14.8. The fraction of sp³-hybridized carbons (Fsp3) is 0.208. The maximum absolute atomic E-state index is 13.5. The van der Waals surface area contributed by atoms with Crippen LogP contribution in [0.5, 0.6) is 0 Å². The molecule has 0 spiro atoms. The fourth-order valence-corrected chi connectivity index (χ4v) is 5.82. The van der Waals surface area contributed by atoms with E-state index in [1.165, 1.54) is 34.1 Å². The summed E-state index contributed by atoms with van der Waals surface area (Å²) in [5.74, 6) is -3.23. The highest BCUT2D eigenvalue weighted by Crippen LogP contribution is 2.20. The Kier molecular flexibility index (Phi) is 7.45. The molecule has 3 aromatic rings. The van der Waals surface area contributed by atoms with Gasteiger partial charge in [-0.25, -0.2) is 17.2 Å². The Morgan fingerprint density at radius 3 is 2.14 bits per heavy atom. The monoisotopic (exact) mass is 533 g/mol. The maximum atomic E-state index is 13.5. The second-order valence-corrected chi connectivity index (χ2v) is 10.9. The third-order valence-electron chi connectivity index (χ3n) is 5.63. The quantitative estimate of drug-likeness (QED) is 0.491. The van der Waals surface area contributed by atoms with E-state index in [1.54, 1.807) is 11.4 Å². The highest BCUT2D eigenvalue weighted by Gasteiger charge is 2.39. The lowest BCUT2D eigenvalue weighted by Crippen LogP contribution is -2.57. The summed E-state index contributed by atoms with van der Waals surface area (Å²) < 4.78 is 53.6. The zero-order valence-electron chi connectivity index (χ0n) is 18.8. The summed E-state index contributed by atoms with van der Waals surface area (Å²) in [5, 5.41) is 1.99. The molecular formula is C24H21F2N3O5S2. The lowest BCUT2D eigenvalue weighted by atomic mass is 10.1. The Morgan fingerprint density at radius 1 is 0.861 bits per heavy atom. The number of halogens is 2. The van der Waals surface area contributed by atoms with Crippen LogP contribution < -0.4 is 5.32 Å². The third kappa shape index (κ3) is 5.44. The molecular weight excluding hydrogens is 512 g/mol. The average molecular weight is 534 g/mol. The molecule has 2 aromatic carbocycles. The van der Waals surface area contributed by atoms with Crippen LogP contribution >= 0.6 is 11.3 Å². The van der Waals surface area contributed by atoms with Crippen molar-refractivity contribution < 1.29 is 31.6 Å². The highest BCUT2D eigenvalue weighted by atomic mass is 32.2. The Bertz CT molecular complexity index is 1370. The molecule has 8 nitrogen and oxygen atoms in total. The van der Waals surface area contributed by atoms with Gasteiger partial charge in [-0.1, -0.05) is 12.1 Å². The van der Waals surface area contributed by atoms with Crippen LogP contribution in [0.4, 0.5) is 8.78 Å². The van der Waals surface area contributed by atoms with Crippen LogP contribution in [0.3, 0.4) is 0 Å². The number of carbonyl (C=O) groups is 3. The van der Waals surface area contributed by atoms with Crippen molar-refractivity contribution in [3.63, 3.8) is 0 Å². The second kappa shape index (κ2) is 10.5. The first-order chi connectivity index (χ1) is 17.2. The summed E-state index contributed by atoms with van der Waals surface area (Å²) >= 11 is 1.08. The molecule has 1 fully saturated rings. The largest absolute Gasteiger partial charge is 0.336 e. The van der Waals surface area contributed by atoms with E-state index >= 15 is 0 Å². The number of amides is 3. The number of nitrogens with one attached hydrogen (secondary N) is 1. The van der Waals surface area contributed by atoms with Gasteiger partial charge in [0.1, 0.15) is 11.6 Å². The van der Waals surface area contributed by atoms with Gasteiger partial charge >= 0.3 is 0 Å². The van der Waals surface area contributed by atoms with Gasteiger partial charge in [-0.2, -0.15) is 0 Å². The lowest BCUT2D eigenvalue weighted by Gasteiger charge is -2.36. The Morgan fingerprint density at radius 2 is 1.53 bits per heavy atom. The zero-order chi connectivity index (χ0) is 25.9. The van der Waals surface area contributed by atoms with Crippen LogP contribution in [-0.4, -0.2) is 67.5 Å². The third-order valence-corrected chi connectivity index (χ3v) is 8.37. The predicted octanol–water partition coefficient (Wildman–Crippen LogP) is 2.54. The number of benzene rings is 2. The summed E-state index contributed by atoms with van der Waals surface area (Å²) in [6, 6.07) is 12.3. The van der Waals surface area contributed by atoms with Crippen LogP contribution in [0.2, 0.25) is 0 Å². The van der Waals surface area contributed by atoms with E-state index < -0.39 is 44.6 Å². The van der Waals surface area contributed by atoms with E-state index in [9.17, 15) is 31.6 Å². The minimum absolute atomic E-state index is 0.00417. The van der Waals surface area contributed by atoms with E-state index in [0.29, 0.717) is 0 Å². The predicted molar refractivity (Wildman–Crippen MR) is 128 cm³/mol. The number of rotatable bonds is 6. The summed E-state index contributed by atoms with van der Waals surface area (Å²) in [6.07, 6.45) is 0. The molecule has 0 aliphatic carbocycles. The molecule has 2 heterocycles. The smallest absolute Gasteiger partial charge is 0.262 e. The first-order valence-corrected chi connectivity index (χ1v) is 13.3. The lowest BCUT2D eigenvalue weighted by molar-refractivity contribution is -0.132. The molecule has 0 unspecified atom stereocenters. The van der Waals surface area contributed by atoms with Gasteiger partial charge in [-0.05, 0) is 53.9 Å². The molecule has 1 aromatic heterocycles. The number of hydrogen-bond acceptors (Lipinski definition) is 6. The van der Waals surface area contributed by atoms with Crippen LogP contribution in [0.25, 0.3) is 0 Å². The number of piperazine rings is 1. The molecule has 12 heteroatoms. The maximum Gasteiger partial charge on any atom is 0.262 e. The molecule has 0 bridgehead atoms. The van der Waals surface area contributed by atoms with E-state index in [4.69, 9.17) is 0 Å². The van der Waals surface area contributed by atoms with E-state index in [0.717, 1.165) is 41.7 Å². The SMILES string of the molecule is O=C(N[C@@H](C(=O)N1CCN(C(=O)c2cccc(F)c2)CC1)S(=O)(=O)c1ccc(F)cc1)c1cccs1. The molecule has 3 amide bonds. The van der Waals surface area contributed by atoms with Gasteiger partial charge in [0, 0.05) is 31.7 Å². The topological polar surface area (TPSA) is 104 Å². The van der Waals surface area contributed by atoms with Gasteiger partial charge in [0.15, 0.2) is 0 Å². The minimum Gasteiger partial charge on any atom is -0.336 e. The minimum atomic E-state index is -4.44. The van der Waals surface area contributed by atoms with Crippen molar-refractivity contribution in [2.75, 3.05) is 26.2 Å². The molecule has 1 aliphatic heterocycles. The number of hydrogen-bond donors (Lipinski definition) is 1. The van der Waals surface area contributed by atoms with Gasteiger partial charge in [0.25, 0.3) is 17.7 Å². The van der Waals surface area contributed by atoms with E-state index in [2.05, 4.69) is 5.32 Å². The molecule has 1 saturated heterocycles. The van der Waals surface area contributed by atoms with Crippen molar-refractivity contribution in [3.05, 3.63) is 88.1 Å². The first kappa shape index (κ1) is 25.5. The van der Waals surface area contributed by atoms with Crippen molar-refractivity contribution in [3.8, 4) is 0 Å². The first-order valence-electron chi connectivity index (χ1n) is 10.8. The second-order valence-electron chi connectivity index (χ2n) is 7.96. The number of thiophene rings is 1. The van der Waals surface area contributed by atoms with Crippen molar-refractivity contribution >= 4 is 38.9 Å². The van der Waals surface area contributed by atoms with Crippen LogP contribution in [-0.2, 0) is 14.6 Å². The molecule has 1 N–H and O–H groups in total. The van der Waals surface area contributed by atoms with Crippen molar-refractivity contribution in [1.82, 2.24) is 15.1 Å². The molecule has 0 radical (unpaired) electrons. The van der Waals surface area contributed by atoms with Gasteiger partial charge < -0.3 is 15.1 Å². The summed E-state index contributed by atoms with van der Waals surface area (Å²) in [7, 11) is -4.44. The molecule has 188 valence electrons. The van der Waals surface area contributed by atoms with Crippen molar-refractivity contribution in [2.45, 2.75) is 10.3 Å². The zero-order valence-corrected chi connectivity index (χ0v) is 20.4. The van der Waals surface area contributed by atoms with E-state index in [1.807, 2.05) is 0 Å². The molecule has 0 saturated carbocycles. The highest BCUT2D eigenvalue weighted by molar-refractivity contribution is 7.92. The summed E-state index contributed by atoms with van der Waals surface area (Å²) in [6.45, 7) is 0.181. The summed E-state index contributed by atoms with van der Waals surface area (Å²) in [5.41, 5.74) is 0.162. The standard InChI is InChI=1S/C24H21F2N3O5S2/c25-17-6-8-19(9-7-17)36(33,34)22(27-21(30)20-5-2-14-35-20)24(32)29-12-10-28(11-13-29)23(31)16-3-1-4-18(26)15-16/h1-9,14-15,22H,10-13H2,(H,27,30)/t22-/m1/s1. The van der Waals surface area contributed by atoms with E-state index in [-0.39, 0.29) is 41.5 Å². The van der Waals surface area contributed by atoms with Crippen molar-refractivity contribution in [2.24, 2.45) is 0 Å². The average Bonchev–Trinajstić information content (AvgIpc) is 3.42. The van der Waals surface area contributed by atoms with Gasteiger partial charge in [-0.15, -0.1) is 11.3 Å². The Hall–Kier alpha value is -3.64. The Labute approximate surface area is 210 Å². The van der Waals surface area contributed by atoms with Crippen molar-refractivity contribution in [1.29, 1.82) is 0 Å².